The SMILES string of the molecule is C=C1N=C(OCCc2ccccn2)CC(N2CCOCC2)=N1. The second-order valence-electron chi connectivity index (χ2n) is 5.15. The molecule has 0 N–H and O–H groups in total. The van der Waals surface area contributed by atoms with E-state index in [0.29, 0.717) is 24.7 Å². The number of aliphatic imine (C=N–C) groups is 2. The van der Waals surface area contributed by atoms with Gasteiger partial charge >= 0.3 is 0 Å². The van der Waals surface area contributed by atoms with Gasteiger partial charge in [-0.1, -0.05) is 12.6 Å². The van der Waals surface area contributed by atoms with Crippen LogP contribution in [-0.4, -0.2) is 54.5 Å². The van der Waals surface area contributed by atoms with Crippen molar-refractivity contribution >= 4 is 11.7 Å². The topological polar surface area (TPSA) is 59.3 Å². The van der Waals surface area contributed by atoms with Crippen molar-refractivity contribution in [3.8, 4) is 0 Å². The van der Waals surface area contributed by atoms with E-state index in [1.54, 1.807) is 6.20 Å². The Hall–Kier alpha value is -2.21. The van der Waals surface area contributed by atoms with Gasteiger partial charge in [0.1, 0.15) is 11.7 Å². The zero-order chi connectivity index (χ0) is 15.2. The van der Waals surface area contributed by atoms with E-state index in [9.17, 15) is 0 Å². The van der Waals surface area contributed by atoms with Crippen molar-refractivity contribution in [2.45, 2.75) is 12.8 Å². The molecule has 0 spiro atoms. The number of hydrogen-bond acceptors (Lipinski definition) is 6. The van der Waals surface area contributed by atoms with Crippen LogP contribution in [0.4, 0.5) is 0 Å². The van der Waals surface area contributed by atoms with Gasteiger partial charge in [0.15, 0.2) is 5.90 Å². The first kappa shape index (κ1) is 14.7. The van der Waals surface area contributed by atoms with Crippen LogP contribution < -0.4 is 0 Å². The maximum Gasteiger partial charge on any atom is 0.197 e. The fourth-order valence-corrected chi connectivity index (χ4v) is 2.44. The van der Waals surface area contributed by atoms with Crippen LogP contribution in [0.3, 0.4) is 0 Å². The Labute approximate surface area is 130 Å². The van der Waals surface area contributed by atoms with Crippen molar-refractivity contribution in [1.29, 1.82) is 0 Å². The van der Waals surface area contributed by atoms with E-state index in [1.807, 2.05) is 18.2 Å². The summed E-state index contributed by atoms with van der Waals surface area (Å²) in [6, 6.07) is 5.88. The molecule has 22 heavy (non-hydrogen) atoms. The minimum atomic E-state index is 0.501. The molecule has 0 amide bonds. The summed E-state index contributed by atoms with van der Waals surface area (Å²) in [5, 5.41) is 0. The normalized spacial score (nSPS) is 18.7. The number of amidine groups is 1. The highest BCUT2D eigenvalue weighted by molar-refractivity contribution is 6.02. The van der Waals surface area contributed by atoms with Crippen LogP contribution in [0.5, 0.6) is 0 Å². The second kappa shape index (κ2) is 7.17. The zero-order valence-electron chi connectivity index (χ0n) is 12.6. The molecule has 3 heterocycles. The number of aromatic nitrogens is 1. The number of pyridine rings is 1. The van der Waals surface area contributed by atoms with Crippen molar-refractivity contribution in [2.75, 3.05) is 32.9 Å². The fraction of sp³-hybridized carbons (Fsp3) is 0.438. The third-order valence-corrected chi connectivity index (χ3v) is 3.55. The van der Waals surface area contributed by atoms with E-state index in [0.717, 1.165) is 44.3 Å². The minimum Gasteiger partial charge on any atom is -0.480 e. The van der Waals surface area contributed by atoms with E-state index in [4.69, 9.17) is 9.47 Å². The average molecular weight is 300 g/mol. The molecule has 0 saturated carbocycles. The second-order valence-corrected chi connectivity index (χ2v) is 5.15. The summed E-state index contributed by atoms with van der Waals surface area (Å²) in [6.07, 6.45) is 3.16. The molecule has 0 atom stereocenters. The molecule has 0 radical (unpaired) electrons. The minimum absolute atomic E-state index is 0.501. The van der Waals surface area contributed by atoms with Crippen LogP contribution in [0.25, 0.3) is 0 Å². The average Bonchev–Trinajstić information content (AvgIpc) is 2.56. The lowest BCUT2D eigenvalue weighted by Crippen LogP contribution is -2.42. The Morgan fingerprint density at radius 2 is 2.09 bits per heavy atom. The molecule has 116 valence electrons. The van der Waals surface area contributed by atoms with Gasteiger partial charge in [-0.3, -0.25) is 4.98 Å². The highest BCUT2D eigenvalue weighted by Gasteiger charge is 2.21. The third kappa shape index (κ3) is 3.92. The Kier molecular flexibility index (Phi) is 4.80. The lowest BCUT2D eigenvalue weighted by atomic mass is 10.2. The van der Waals surface area contributed by atoms with Gasteiger partial charge in [-0.15, -0.1) is 0 Å². The van der Waals surface area contributed by atoms with Crippen molar-refractivity contribution in [3.63, 3.8) is 0 Å². The van der Waals surface area contributed by atoms with Crippen molar-refractivity contribution in [3.05, 3.63) is 42.5 Å². The molecule has 2 aliphatic rings. The van der Waals surface area contributed by atoms with Gasteiger partial charge < -0.3 is 14.4 Å². The molecule has 6 nitrogen and oxygen atoms in total. The van der Waals surface area contributed by atoms with Gasteiger partial charge in [0, 0.05) is 31.4 Å². The Morgan fingerprint density at radius 3 is 2.86 bits per heavy atom. The zero-order valence-corrected chi connectivity index (χ0v) is 12.6. The Balaban J connectivity index is 1.52. The first-order valence-electron chi connectivity index (χ1n) is 7.51. The molecule has 6 heteroatoms. The van der Waals surface area contributed by atoms with E-state index >= 15 is 0 Å². The highest BCUT2D eigenvalue weighted by atomic mass is 16.5. The molecule has 1 aromatic rings. The molecule has 0 bridgehead atoms. The van der Waals surface area contributed by atoms with Crippen LogP contribution in [-0.2, 0) is 15.9 Å². The van der Waals surface area contributed by atoms with Gasteiger partial charge in [0.05, 0.1) is 26.2 Å². The molecule has 3 rings (SSSR count). The van der Waals surface area contributed by atoms with Crippen molar-refractivity contribution < 1.29 is 9.47 Å². The third-order valence-electron chi connectivity index (χ3n) is 3.55. The van der Waals surface area contributed by atoms with Crippen LogP contribution in [0, 0.1) is 0 Å². The predicted octanol–water partition coefficient (Wildman–Crippen LogP) is 1.64. The summed E-state index contributed by atoms with van der Waals surface area (Å²) in [7, 11) is 0. The van der Waals surface area contributed by atoms with Gasteiger partial charge in [0.2, 0.25) is 0 Å². The molecule has 0 aliphatic carbocycles. The number of nitrogens with zero attached hydrogens (tertiary/aromatic N) is 4. The summed E-state index contributed by atoms with van der Waals surface area (Å²) in [6.45, 7) is 7.58. The molecular weight excluding hydrogens is 280 g/mol. The maximum atomic E-state index is 5.79. The first-order chi connectivity index (χ1) is 10.8. The lowest BCUT2D eigenvalue weighted by molar-refractivity contribution is 0.0673. The monoisotopic (exact) mass is 300 g/mol. The lowest BCUT2D eigenvalue weighted by Gasteiger charge is -2.31. The largest absolute Gasteiger partial charge is 0.480 e. The van der Waals surface area contributed by atoms with Crippen LogP contribution in [0.15, 0.2) is 46.8 Å². The Bertz CT molecular complexity index is 577. The van der Waals surface area contributed by atoms with Crippen molar-refractivity contribution in [2.24, 2.45) is 9.98 Å². The number of ether oxygens (including phenoxy) is 2. The standard InChI is InChI=1S/C16H20N4O2/c1-13-18-15(20-7-10-21-11-8-20)12-16(19-13)22-9-5-14-4-2-3-6-17-14/h2-4,6H,1,5,7-12H2. The van der Waals surface area contributed by atoms with Gasteiger partial charge in [-0.05, 0) is 12.1 Å². The number of morpholine rings is 1. The molecule has 1 fully saturated rings. The molecule has 1 saturated heterocycles. The van der Waals surface area contributed by atoms with Gasteiger partial charge in [-0.2, -0.15) is 4.99 Å². The molecule has 1 aromatic heterocycles. The van der Waals surface area contributed by atoms with Crippen LogP contribution in [0.1, 0.15) is 12.1 Å². The molecule has 0 unspecified atom stereocenters. The first-order valence-corrected chi connectivity index (χ1v) is 7.51. The quantitative estimate of drug-likeness (QED) is 0.851. The van der Waals surface area contributed by atoms with E-state index in [-0.39, 0.29) is 0 Å². The summed E-state index contributed by atoms with van der Waals surface area (Å²) >= 11 is 0. The van der Waals surface area contributed by atoms with Crippen LogP contribution in [0.2, 0.25) is 0 Å². The van der Waals surface area contributed by atoms with Crippen molar-refractivity contribution in [1.82, 2.24) is 9.88 Å². The molecule has 2 aliphatic heterocycles. The number of hydrogen-bond donors (Lipinski definition) is 0. The van der Waals surface area contributed by atoms with E-state index in [2.05, 4.69) is 26.4 Å². The highest BCUT2D eigenvalue weighted by Crippen LogP contribution is 2.13. The summed E-state index contributed by atoms with van der Waals surface area (Å²) in [4.78, 5) is 15.2. The predicted molar refractivity (Wildman–Crippen MR) is 84.9 cm³/mol. The summed E-state index contributed by atoms with van der Waals surface area (Å²) in [5.74, 6) is 2.15. The van der Waals surface area contributed by atoms with Gasteiger partial charge in [-0.25, -0.2) is 4.99 Å². The molecular formula is C16H20N4O2. The van der Waals surface area contributed by atoms with Gasteiger partial charge in [0.25, 0.3) is 0 Å². The Morgan fingerprint density at radius 1 is 1.23 bits per heavy atom. The summed E-state index contributed by atoms with van der Waals surface area (Å²) in [5.41, 5.74) is 1.01. The molecule has 0 aromatic carbocycles. The maximum absolute atomic E-state index is 5.79. The smallest absolute Gasteiger partial charge is 0.197 e. The van der Waals surface area contributed by atoms with E-state index < -0.39 is 0 Å². The van der Waals surface area contributed by atoms with E-state index in [1.165, 1.54) is 0 Å². The fourth-order valence-electron chi connectivity index (χ4n) is 2.44. The summed E-state index contributed by atoms with van der Waals surface area (Å²) < 4.78 is 11.2. The van der Waals surface area contributed by atoms with Crippen LogP contribution >= 0.6 is 0 Å². The number of rotatable bonds is 3.